The SMILES string of the molecule is [2H]c1c([2H])c([2H])c(C(F)(F)F)c(-c2c([2H])c([2H])c(B(O)O)c(C(F)(F)F)c2[2H])c1[2H]. The Morgan fingerprint density at radius 2 is 1.39 bits per heavy atom. The van der Waals surface area contributed by atoms with E-state index < -0.39 is 89.5 Å². The van der Waals surface area contributed by atoms with Crippen LogP contribution in [0.1, 0.15) is 20.7 Å². The van der Waals surface area contributed by atoms with Crippen LogP contribution in [0.3, 0.4) is 0 Å². The highest BCUT2D eigenvalue weighted by atomic mass is 19.4. The molecule has 0 aliphatic rings. The molecular weight excluding hydrogens is 325 g/mol. The van der Waals surface area contributed by atoms with E-state index in [9.17, 15) is 36.4 Å². The second-order valence-electron chi connectivity index (χ2n) is 4.16. The molecule has 2 nitrogen and oxygen atoms in total. The summed E-state index contributed by atoms with van der Waals surface area (Å²) in [7, 11) is -3.00. The number of halogens is 6. The van der Waals surface area contributed by atoms with E-state index in [0.29, 0.717) is 0 Å². The Hall–Kier alpha value is -2.00. The van der Waals surface area contributed by atoms with E-state index in [4.69, 9.17) is 9.60 Å². The lowest BCUT2D eigenvalue weighted by atomic mass is 9.76. The molecule has 0 amide bonds. The molecule has 2 aromatic rings. The van der Waals surface area contributed by atoms with Gasteiger partial charge in [-0.2, -0.15) is 26.3 Å². The number of hydrogen-bond donors (Lipinski definition) is 2. The first-order chi connectivity index (χ1) is 13.4. The highest BCUT2D eigenvalue weighted by Crippen LogP contribution is 2.38. The maximum Gasteiger partial charge on any atom is 0.489 e. The van der Waals surface area contributed by atoms with Crippen LogP contribution in [0.5, 0.6) is 0 Å². The Bertz CT molecular complexity index is 1040. The molecule has 0 bridgehead atoms. The van der Waals surface area contributed by atoms with Crippen LogP contribution in [0, 0.1) is 0 Å². The Kier molecular flexibility index (Phi) is 2.56. The van der Waals surface area contributed by atoms with E-state index in [2.05, 4.69) is 0 Å². The third-order valence-corrected chi connectivity index (χ3v) is 2.60. The van der Waals surface area contributed by atoms with Crippen LogP contribution >= 0.6 is 0 Å². The molecule has 2 N–H and O–H groups in total. The van der Waals surface area contributed by atoms with Crippen molar-refractivity contribution in [3.05, 3.63) is 53.4 Å². The molecule has 2 rings (SSSR count). The Balaban J connectivity index is 3.25. The summed E-state index contributed by atoms with van der Waals surface area (Å²) in [5, 5.41) is 18.4. The topological polar surface area (TPSA) is 40.5 Å². The molecule has 23 heavy (non-hydrogen) atoms. The van der Waals surface area contributed by atoms with E-state index in [1.165, 1.54) is 0 Å². The van der Waals surface area contributed by atoms with E-state index >= 15 is 0 Å². The van der Waals surface area contributed by atoms with Gasteiger partial charge in [0.25, 0.3) is 0 Å². The fraction of sp³-hybridized carbons (Fsp3) is 0.143. The average Bonchev–Trinajstić information content (AvgIpc) is 2.57. The lowest BCUT2D eigenvalue weighted by molar-refractivity contribution is -0.137. The Labute approximate surface area is 137 Å². The summed E-state index contributed by atoms with van der Waals surface area (Å²) in [5.74, 6) is 0. The van der Waals surface area contributed by atoms with Crippen LogP contribution in [0.15, 0.2) is 42.3 Å². The molecule has 0 fully saturated rings. The lowest BCUT2D eigenvalue weighted by Gasteiger charge is -2.17. The summed E-state index contributed by atoms with van der Waals surface area (Å²) in [6.07, 6.45) is -11.1. The van der Waals surface area contributed by atoms with E-state index in [1.54, 1.807) is 0 Å². The molecule has 2 aromatic carbocycles. The molecule has 0 saturated carbocycles. The van der Waals surface area contributed by atoms with Crippen molar-refractivity contribution >= 4 is 12.6 Å². The summed E-state index contributed by atoms with van der Waals surface area (Å²) in [4.78, 5) is 0. The first-order valence-electron chi connectivity index (χ1n) is 9.19. The Morgan fingerprint density at radius 1 is 0.826 bits per heavy atom. The third kappa shape index (κ3) is 3.68. The lowest BCUT2D eigenvalue weighted by Crippen LogP contribution is -2.36. The van der Waals surface area contributed by atoms with Crippen LogP contribution in [-0.4, -0.2) is 17.2 Å². The van der Waals surface area contributed by atoms with Crippen LogP contribution in [-0.2, 0) is 12.4 Å². The highest BCUT2D eigenvalue weighted by molar-refractivity contribution is 6.59. The minimum Gasteiger partial charge on any atom is -0.423 e. The summed E-state index contributed by atoms with van der Waals surface area (Å²) in [5.41, 5.74) is -9.15. The zero-order valence-corrected chi connectivity index (χ0v) is 10.7. The van der Waals surface area contributed by atoms with Gasteiger partial charge in [0.2, 0.25) is 0 Å². The van der Waals surface area contributed by atoms with Gasteiger partial charge in [-0.05, 0) is 28.7 Å². The molecule has 0 atom stereocenters. The van der Waals surface area contributed by atoms with E-state index in [1.807, 2.05) is 0 Å². The van der Waals surface area contributed by atoms with Crippen molar-refractivity contribution in [2.45, 2.75) is 12.4 Å². The van der Waals surface area contributed by atoms with Crippen molar-refractivity contribution < 1.29 is 46.0 Å². The standard InChI is InChI=1S/C14H9BF6O2/c16-13(17,18)10-4-2-1-3-9(10)8-5-6-12(15(22)23)11(7-8)14(19,20)21/h1-7,22-23H/i1D,2D,3D,4D,5D,6D,7D. The van der Waals surface area contributed by atoms with Gasteiger partial charge in [-0.3, -0.25) is 0 Å². The first kappa shape index (κ1) is 9.99. The van der Waals surface area contributed by atoms with Gasteiger partial charge in [0, 0.05) is 0 Å². The van der Waals surface area contributed by atoms with Crippen molar-refractivity contribution in [1.29, 1.82) is 0 Å². The molecule has 0 radical (unpaired) electrons. The van der Waals surface area contributed by atoms with Crippen molar-refractivity contribution in [1.82, 2.24) is 0 Å². The van der Waals surface area contributed by atoms with Crippen LogP contribution in [0.4, 0.5) is 26.3 Å². The maximum atomic E-state index is 13.6. The van der Waals surface area contributed by atoms with Gasteiger partial charge >= 0.3 is 19.5 Å². The van der Waals surface area contributed by atoms with E-state index in [-0.39, 0.29) is 0 Å². The Morgan fingerprint density at radius 3 is 1.91 bits per heavy atom. The van der Waals surface area contributed by atoms with Gasteiger partial charge in [0.15, 0.2) is 0 Å². The van der Waals surface area contributed by atoms with Gasteiger partial charge in [0.05, 0.1) is 20.7 Å². The molecular formula is C14H9BF6O2. The van der Waals surface area contributed by atoms with Crippen LogP contribution in [0.25, 0.3) is 11.1 Å². The molecule has 0 unspecified atom stereocenters. The number of rotatable bonds is 2. The summed E-state index contributed by atoms with van der Waals surface area (Å²) in [6, 6.07) is -10.7. The van der Waals surface area contributed by atoms with Crippen molar-refractivity contribution in [2.24, 2.45) is 0 Å². The van der Waals surface area contributed by atoms with Gasteiger partial charge < -0.3 is 10.0 Å². The summed E-state index contributed by atoms with van der Waals surface area (Å²) >= 11 is 0. The quantitative estimate of drug-likeness (QED) is 0.651. The number of benzene rings is 2. The first-order valence-corrected chi connectivity index (χ1v) is 5.69. The van der Waals surface area contributed by atoms with E-state index in [0.717, 1.165) is 0 Å². The van der Waals surface area contributed by atoms with Crippen LogP contribution in [0.2, 0.25) is 0 Å². The smallest absolute Gasteiger partial charge is 0.423 e. The van der Waals surface area contributed by atoms with Gasteiger partial charge in [-0.25, -0.2) is 0 Å². The predicted octanol–water partition coefficient (Wildman–Crippen LogP) is 3.07. The second-order valence-corrected chi connectivity index (χ2v) is 4.16. The minimum absolute atomic E-state index is 1.27. The molecule has 0 aliphatic heterocycles. The van der Waals surface area contributed by atoms with Crippen molar-refractivity contribution in [3.63, 3.8) is 0 Å². The minimum atomic E-state index is -5.57. The maximum absolute atomic E-state index is 13.6. The number of hydrogen-bond acceptors (Lipinski definition) is 2. The molecule has 0 aliphatic carbocycles. The monoisotopic (exact) mass is 341 g/mol. The molecule has 0 saturated heterocycles. The largest absolute Gasteiger partial charge is 0.489 e. The zero-order chi connectivity index (χ0) is 23.5. The second kappa shape index (κ2) is 5.90. The average molecular weight is 341 g/mol. The molecule has 122 valence electrons. The third-order valence-electron chi connectivity index (χ3n) is 2.60. The van der Waals surface area contributed by atoms with Gasteiger partial charge in [-0.1, -0.05) is 30.2 Å². The zero-order valence-electron chi connectivity index (χ0n) is 17.7. The van der Waals surface area contributed by atoms with Crippen molar-refractivity contribution in [3.8, 4) is 11.1 Å². The highest BCUT2D eigenvalue weighted by Gasteiger charge is 2.38. The summed E-state index contributed by atoms with van der Waals surface area (Å²) < 4.78 is 134. The molecule has 0 heterocycles. The molecule has 0 aromatic heterocycles. The summed E-state index contributed by atoms with van der Waals surface area (Å²) in [6.45, 7) is 0. The van der Waals surface area contributed by atoms with Crippen molar-refractivity contribution in [2.75, 3.05) is 0 Å². The fourth-order valence-corrected chi connectivity index (χ4v) is 1.67. The molecule has 9 heteroatoms. The van der Waals surface area contributed by atoms with Crippen LogP contribution < -0.4 is 5.46 Å². The van der Waals surface area contributed by atoms with Gasteiger partial charge in [-0.15, -0.1) is 0 Å². The normalized spacial score (nSPS) is 16.6. The van der Waals surface area contributed by atoms with Gasteiger partial charge in [0.1, 0.15) is 0 Å². The fourth-order valence-electron chi connectivity index (χ4n) is 1.67. The molecule has 0 spiro atoms. The number of alkyl halides is 6. The predicted molar refractivity (Wildman–Crippen MR) is 71.7 cm³/mol.